The minimum absolute atomic E-state index is 0.450. The Morgan fingerprint density at radius 3 is 2.67 bits per heavy atom. The molecular formula is C7H15NO. The summed E-state index contributed by atoms with van der Waals surface area (Å²) in [6.45, 7) is 5.75. The maximum absolute atomic E-state index is 9.59. The van der Waals surface area contributed by atoms with Gasteiger partial charge in [-0.15, -0.1) is 0 Å². The molecule has 0 aliphatic carbocycles. The van der Waals surface area contributed by atoms with Gasteiger partial charge in [-0.2, -0.15) is 0 Å². The molecule has 1 fully saturated rings. The lowest BCUT2D eigenvalue weighted by atomic mass is 9.91. The quantitative estimate of drug-likeness (QED) is 0.536. The van der Waals surface area contributed by atoms with Crippen molar-refractivity contribution in [2.75, 3.05) is 13.1 Å². The topological polar surface area (TPSA) is 32.3 Å². The summed E-state index contributed by atoms with van der Waals surface area (Å²) >= 11 is 0. The fourth-order valence-corrected chi connectivity index (χ4v) is 1.45. The van der Waals surface area contributed by atoms with E-state index in [1.54, 1.807) is 0 Å². The van der Waals surface area contributed by atoms with Crippen LogP contribution in [-0.2, 0) is 0 Å². The smallest absolute Gasteiger partial charge is 0.0783 e. The molecule has 9 heavy (non-hydrogen) atoms. The van der Waals surface area contributed by atoms with E-state index in [4.69, 9.17) is 0 Å². The zero-order valence-electron chi connectivity index (χ0n) is 6.15. The highest BCUT2D eigenvalue weighted by Crippen LogP contribution is 2.23. The Kier molecular flexibility index (Phi) is 1.78. The van der Waals surface area contributed by atoms with Crippen molar-refractivity contribution >= 4 is 0 Å². The zero-order chi connectivity index (χ0) is 6.91. The second-order valence-corrected chi connectivity index (χ2v) is 3.09. The van der Waals surface area contributed by atoms with Gasteiger partial charge in [0, 0.05) is 19.0 Å². The van der Waals surface area contributed by atoms with Gasteiger partial charge in [-0.1, -0.05) is 6.92 Å². The van der Waals surface area contributed by atoms with Crippen LogP contribution in [0.4, 0.5) is 0 Å². The molecule has 54 valence electrons. The summed E-state index contributed by atoms with van der Waals surface area (Å²) in [7, 11) is 0. The Labute approximate surface area is 56.3 Å². The third-order valence-corrected chi connectivity index (χ3v) is 2.25. The summed E-state index contributed by atoms with van der Waals surface area (Å²) < 4.78 is 0. The van der Waals surface area contributed by atoms with Crippen LogP contribution < -0.4 is 5.32 Å². The van der Waals surface area contributed by atoms with Crippen molar-refractivity contribution in [3.05, 3.63) is 0 Å². The molecule has 0 saturated carbocycles. The molecule has 0 bridgehead atoms. The van der Waals surface area contributed by atoms with Gasteiger partial charge >= 0.3 is 0 Å². The lowest BCUT2D eigenvalue weighted by Crippen LogP contribution is -2.33. The Morgan fingerprint density at radius 2 is 2.44 bits per heavy atom. The van der Waals surface area contributed by atoms with E-state index in [0.29, 0.717) is 5.92 Å². The first kappa shape index (κ1) is 7.03. The molecule has 1 aliphatic rings. The Morgan fingerprint density at radius 1 is 1.78 bits per heavy atom. The number of aliphatic hydroxyl groups is 1. The van der Waals surface area contributed by atoms with Crippen LogP contribution >= 0.6 is 0 Å². The minimum atomic E-state index is -0.450. The van der Waals surface area contributed by atoms with Crippen LogP contribution in [0.3, 0.4) is 0 Å². The first-order valence-electron chi connectivity index (χ1n) is 3.60. The van der Waals surface area contributed by atoms with Gasteiger partial charge in [-0.05, 0) is 13.3 Å². The SMILES string of the molecule is CCC1CNCC1(C)O. The van der Waals surface area contributed by atoms with Crippen molar-refractivity contribution < 1.29 is 5.11 Å². The van der Waals surface area contributed by atoms with Crippen LogP contribution in [-0.4, -0.2) is 23.8 Å². The summed E-state index contributed by atoms with van der Waals surface area (Å²) in [4.78, 5) is 0. The van der Waals surface area contributed by atoms with Gasteiger partial charge in [0.15, 0.2) is 0 Å². The molecule has 2 heteroatoms. The van der Waals surface area contributed by atoms with Crippen molar-refractivity contribution in [2.45, 2.75) is 25.9 Å². The van der Waals surface area contributed by atoms with Gasteiger partial charge in [-0.25, -0.2) is 0 Å². The molecule has 1 saturated heterocycles. The predicted octanol–water partition coefficient (Wildman–Crippen LogP) is 0.367. The van der Waals surface area contributed by atoms with E-state index in [0.717, 1.165) is 19.5 Å². The number of nitrogens with one attached hydrogen (secondary N) is 1. The molecule has 0 aromatic rings. The van der Waals surface area contributed by atoms with Crippen LogP contribution in [0.2, 0.25) is 0 Å². The third kappa shape index (κ3) is 1.25. The van der Waals surface area contributed by atoms with E-state index < -0.39 is 5.60 Å². The van der Waals surface area contributed by atoms with E-state index >= 15 is 0 Å². The lowest BCUT2D eigenvalue weighted by Gasteiger charge is -2.22. The van der Waals surface area contributed by atoms with Crippen molar-refractivity contribution in [3.63, 3.8) is 0 Å². The van der Waals surface area contributed by atoms with Crippen molar-refractivity contribution in [2.24, 2.45) is 5.92 Å². The highest BCUT2D eigenvalue weighted by atomic mass is 16.3. The Bertz CT molecular complexity index is 101. The Hall–Kier alpha value is -0.0800. The third-order valence-electron chi connectivity index (χ3n) is 2.25. The van der Waals surface area contributed by atoms with Gasteiger partial charge in [0.1, 0.15) is 0 Å². The summed E-state index contributed by atoms with van der Waals surface area (Å²) in [6.07, 6.45) is 1.07. The van der Waals surface area contributed by atoms with E-state index in [2.05, 4.69) is 12.2 Å². The largest absolute Gasteiger partial charge is 0.389 e. The average molecular weight is 129 g/mol. The summed E-state index contributed by atoms with van der Waals surface area (Å²) in [5, 5.41) is 12.8. The van der Waals surface area contributed by atoms with Gasteiger partial charge in [0.05, 0.1) is 5.60 Å². The summed E-state index contributed by atoms with van der Waals surface area (Å²) in [5.74, 6) is 0.456. The molecule has 0 spiro atoms. The fourth-order valence-electron chi connectivity index (χ4n) is 1.45. The fraction of sp³-hybridized carbons (Fsp3) is 1.00. The molecule has 0 aromatic carbocycles. The normalized spacial score (nSPS) is 43.7. The van der Waals surface area contributed by atoms with Gasteiger partial charge < -0.3 is 10.4 Å². The first-order chi connectivity index (χ1) is 4.17. The average Bonchev–Trinajstić information content (AvgIpc) is 2.08. The number of hydrogen-bond donors (Lipinski definition) is 2. The van der Waals surface area contributed by atoms with E-state index in [1.165, 1.54) is 0 Å². The van der Waals surface area contributed by atoms with E-state index in [9.17, 15) is 5.11 Å². The van der Waals surface area contributed by atoms with Gasteiger partial charge in [0.25, 0.3) is 0 Å². The van der Waals surface area contributed by atoms with Gasteiger partial charge in [0.2, 0.25) is 0 Å². The van der Waals surface area contributed by atoms with Crippen LogP contribution in [0.25, 0.3) is 0 Å². The Balaban J connectivity index is 2.52. The maximum atomic E-state index is 9.59. The number of β-amino-alcohol motifs (C(OH)–C–C–N with tert-alkyl or cyclic N) is 1. The molecule has 1 rings (SSSR count). The highest BCUT2D eigenvalue weighted by molar-refractivity contribution is 4.90. The van der Waals surface area contributed by atoms with Crippen LogP contribution in [0.15, 0.2) is 0 Å². The summed E-state index contributed by atoms with van der Waals surface area (Å²) in [6, 6.07) is 0. The van der Waals surface area contributed by atoms with Crippen LogP contribution in [0, 0.1) is 5.92 Å². The first-order valence-corrected chi connectivity index (χ1v) is 3.60. The molecule has 0 aromatic heterocycles. The standard InChI is InChI=1S/C7H15NO/c1-3-6-4-8-5-7(6,2)9/h6,8-9H,3-5H2,1-2H3. The molecular weight excluding hydrogens is 114 g/mol. The second-order valence-electron chi connectivity index (χ2n) is 3.09. The van der Waals surface area contributed by atoms with Gasteiger partial charge in [-0.3, -0.25) is 0 Å². The van der Waals surface area contributed by atoms with E-state index in [-0.39, 0.29) is 0 Å². The molecule has 1 heterocycles. The minimum Gasteiger partial charge on any atom is -0.389 e. The molecule has 0 radical (unpaired) electrons. The molecule has 2 nitrogen and oxygen atoms in total. The lowest BCUT2D eigenvalue weighted by molar-refractivity contribution is 0.0348. The maximum Gasteiger partial charge on any atom is 0.0783 e. The van der Waals surface area contributed by atoms with Crippen molar-refractivity contribution in [3.8, 4) is 0 Å². The summed E-state index contributed by atoms with van der Waals surface area (Å²) in [5.41, 5.74) is -0.450. The van der Waals surface area contributed by atoms with E-state index in [1.807, 2.05) is 6.92 Å². The molecule has 0 amide bonds. The monoisotopic (exact) mass is 129 g/mol. The molecule has 2 unspecified atom stereocenters. The van der Waals surface area contributed by atoms with Crippen LogP contribution in [0.1, 0.15) is 20.3 Å². The zero-order valence-corrected chi connectivity index (χ0v) is 6.15. The van der Waals surface area contributed by atoms with Crippen LogP contribution in [0.5, 0.6) is 0 Å². The van der Waals surface area contributed by atoms with Crippen molar-refractivity contribution in [1.29, 1.82) is 0 Å². The number of rotatable bonds is 1. The molecule has 1 aliphatic heterocycles. The molecule has 2 N–H and O–H groups in total. The highest BCUT2D eigenvalue weighted by Gasteiger charge is 2.34. The predicted molar refractivity (Wildman–Crippen MR) is 37.3 cm³/mol. The number of hydrogen-bond acceptors (Lipinski definition) is 2. The molecule has 2 atom stereocenters. The second kappa shape index (κ2) is 2.27. The van der Waals surface area contributed by atoms with Crippen molar-refractivity contribution in [1.82, 2.24) is 5.32 Å².